The summed E-state index contributed by atoms with van der Waals surface area (Å²) < 4.78 is 4.47. The van der Waals surface area contributed by atoms with E-state index in [2.05, 4.69) is 4.98 Å². The van der Waals surface area contributed by atoms with E-state index in [0.717, 1.165) is 16.8 Å². The minimum Gasteiger partial charge on any atom is -0.330 e. The summed E-state index contributed by atoms with van der Waals surface area (Å²) in [5.41, 5.74) is 5.76. The summed E-state index contributed by atoms with van der Waals surface area (Å²) in [5.74, 6) is 0.807. The fourth-order valence-electron chi connectivity index (χ4n) is 2.32. The van der Waals surface area contributed by atoms with E-state index in [1.165, 1.54) is 11.6 Å². The summed E-state index contributed by atoms with van der Waals surface area (Å²) in [6.45, 7) is 3.20. The van der Waals surface area contributed by atoms with Crippen LogP contribution in [0.2, 0.25) is 0 Å². The molecule has 7 nitrogen and oxygen atoms in total. The number of hydrogen-bond acceptors (Lipinski definition) is 4. The van der Waals surface area contributed by atoms with Crippen molar-refractivity contribution in [2.45, 2.75) is 26.3 Å². The topological polar surface area (TPSA) is 87.8 Å². The Morgan fingerprint density at radius 3 is 2.47 bits per heavy atom. The maximum absolute atomic E-state index is 12.1. The minimum atomic E-state index is -0.348. The third-order valence-electron chi connectivity index (χ3n) is 3.34. The van der Waals surface area contributed by atoms with Gasteiger partial charge in [-0.05, 0) is 19.9 Å². The van der Waals surface area contributed by atoms with Gasteiger partial charge >= 0.3 is 5.69 Å². The highest BCUT2D eigenvalue weighted by molar-refractivity contribution is 5.70. The largest absolute Gasteiger partial charge is 0.332 e. The molecule has 0 radical (unpaired) electrons. The maximum Gasteiger partial charge on any atom is 0.332 e. The number of aromatic nitrogens is 4. The van der Waals surface area contributed by atoms with E-state index in [-0.39, 0.29) is 11.2 Å². The summed E-state index contributed by atoms with van der Waals surface area (Å²) in [7, 11) is 3.12. The molecular weight excluding hydrogens is 246 g/mol. The van der Waals surface area contributed by atoms with Crippen molar-refractivity contribution < 1.29 is 0 Å². The lowest BCUT2D eigenvalue weighted by molar-refractivity contribution is 0.653. The number of hydrogen-bond donors (Lipinski definition) is 1. The average Bonchev–Trinajstić information content (AvgIpc) is 2.79. The van der Waals surface area contributed by atoms with Gasteiger partial charge in [-0.25, -0.2) is 9.78 Å². The Morgan fingerprint density at radius 2 is 1.89 bits per heavy atom. The fraction of sp³-hybridized carbons (Fsp3) is 0.583. The van der Waals surface area contributed by atoms with Crippen molar-refractivity contribution in [1.29, 1.82) is 0 Å². The molecule has 2 aromatic rings. The first-order chi connectivity index (χ1) is 9.02. The maximum atomic E-state index is 12.1. The SMILES string of the molecule is CCn1c(CCCN)nc2c(=O)n(C)c(=O)n(C)c21. The van der Waals surface area contributed by atoms with Crippen LogP contribution in [0, 0.1) is 0 Å². The van der Waals surface area contributed by atoms with E-state index in [0.29, 0.717) is 30.7 Å². The van der Waals surface area contributed by atoms with Crippen LogP contribution < -0.4 is 17.0 Å². The molecule has 19 heavy (non-hydrogen) atoms. The quantitative estimate of drug-likeness (QED) is 0.795. The van der Waals surface area contributed by atoms with Crippen molar-refractivity contribution >= 4 is 11.2 Å². The van der Waals surface area contributed by atoms with Crippen molar-refractivity contribution in [1.82, 2.24) is 18.7 Å². The van der Waals surface area contributed by atoms with Crippen molar-refractivity contribution in [2.24, 2.45) is 19.8 Å². The second-order valence-electron chi connectivity index (χ2n) is 4.54. The molecule has 0 bridgehead atoms. The minimum absolute atomic E-state index is 0.336. The van der Waals surface area contributed by atoms with Gasteiger partial charge in [0.25, 0.3) is 5.56 Å². The van der Waals surface area contributed by atoms with E-state index in [9.17, 15) is 9.59 Å². The van der Waals surface area contributed by atoms with E-state index < -0.39 is 0 Å². The Bertz CT molecular complexity index is 722. The standard InChI is InChI=1S/C12H19N5O2/c1-4-17-8(6-5-7-13)14-9-10(17)15(2)12(19)16(3)11(9)18/h4-7,13H2,1-3H3. The normalized spacial score (nSPS) is 11.4. The van der Waals surface area contributed by atoms with Crippen molar-refractivity contribution in [3.63, 3.8) is 0 Å². The van der Waals surface area contributed by atoms with E-state index in [1.807, 2.05) is 11.5 Å². The molecule has 0 aliphatic heterocycles. The molecule has 0 saturated carbocycles. The van der Waals surface area contributed by atoms with Gasteiger partial charge in [0.2, 0.25) is 0 Å². The Balaban J connectivity index is 2.83. The molecule has 0 aromatic carbocycles. The van der Waals surface area contributed by atoms with Gasteiger partial charge in [-0.3, -0.25) is 13.9 Å². The number of nitrogens with zero attached hydrogens (tertiary/aromatic N) is 4. The fourth-order valence-corrected chi connectivity index (χ4v) is 2.32. The molecule has 7 heteroatoms. The number of aryl methyl sites for hydroxylation is 3. The molecule has 0 unspecified atom stereocenters. The van der Waals surface area contributed by atoms with Crippen LogP contribution in [-0.4, -0.2) is 25.2 Å². The van der Waals surface area contributed by atoms with Gasteiger partial charge in [0.05, 0.1) is 0 Å². The van der Waals surface area contributed by atoms with Crippen molar-refractivity contribution in [3.8, 4) is 0 Å². The zero-order valence-electron chi connectivity index (χ0n) is 11.5. The molecule has 2 rings (SSSR count). The number of nitrogens with two attached hydrogens (primary N) is 1. The Morgan fingerprint density at radius 1 is 1.21 bits per heavy atom. The van der Waals surface area contributed by atoms with Gasteiger partial charge in [0, 0.05) is 27.1 Å². The predicted octanol–water partition coefficient (Wildman–Crippen LogP) is -0.655. The molecule has 0 aliphatic rings. The van der Waals surface area contributed by atoms with Crippen LogP contribution in [-0.2, 0) is 27.1 Å². The van der Waals surface area contributed by atoms with Crippen molar-refractivity contribution in [2.75, 3.05) is 6.54 Å². The molecule has 2 heterocycles. The Hall–Kier alpha value is -1.89. The Kier molecular flexibility index (Phi) is 3.57. The third kappa shape index (κ3) is 1.99. The van der Waals surface area contributed by atoms with Gasteiger partial charge in [-0.1, -0.05) is 0 Å². The van der Waals surface area contributed by atoms with Crippen LogP contribution >= 0.6 is 0 Å². The summed E-state index contributed by atoms with van der Waals surface area (Å²) in [6, 6.07) is 0. The lowest BCUT2D eigenvalue weighted by atomic mass is 10.3. The molecule has 2 N–H and O–H groups in total. The Labute approximate surface area is 110 Å². The monoisotopic (exact) mass is 265 g/mol. The summed E-state index contributed by atoms with van der Waals surface area (Å²) in [6.07, 6.45) is 1.51. The van der Waals surface area contributed by atoms with Crippen LogP contribution in [0.5, 0.6) is 0 Å². The predicted molar refractivity (Wildman–Crippen MR) is 73.3 cm³/mol. The van der Waals surface area contributed by atoms with Gasteiger partial charge in [0.1, 0.15) is 11.5 Å². The van der Waals surface area contributed by atoms with Gasteiger partial charge in [-0.2, -0.15) is 0 Å². The zero-order chi connectivity index (χ0) is 14.2. The average molecular weight is 265 g/mol. The van der Waals surface area contributed by atoms with E-state index in [4.69, 9.17) is 5.73 Å². The van der Waals surface area contributed by atoms with Crippen molar-refractivity contribution in [3.05, 3.63) is 26.7 Å². The molecule has 0 amide bonds. The van der Waals surface area contributed by atoms with E-state index >= 15 is 0 Å². The molecular formula is C12H19N5O2. The van der Waals surface area contributed by atoms with Gasteiger partial charge in [-0.15, -0.1) is 0 Å². The number of fused-ring (bicyclic) bond motifs is 1. The van der Waals surface area contributed by atoms with Gasteiger partial charge < -0.3 is 10.3 Å². The van der Waals surface area contributed by atoms with E-state index in [1.54, 1.807) is 7.05 Å². The molecule has 104 valence electrons. The third-order valence-corrected chi connectivity index (χ3v) is 3.34. The van der Waals surface area contributed by atoms with Crippen LogP contribution in [0.25, 0.3) is 11.2 Å². The molecule has 0 spiro atoms. The molecule has 2 aromatic heterocycles. The molecule has 0 fully saturated rings. The molecule has 0 saturated heterocycles. The summed E-state index contributed by atoms with van der Waals surface area (Å²) >= 11 is 0. The number of rotatable bonds is 4. The summed E-state index contributed by atoms with van der Waals surface area (Å²) in [5, 5.41) is 0. The summed E-state index contributed by atoms with van der Waals surface area (Å²) in [4.78, 5) is 28.5. The molecule has 0 atom stereocenters. The van der Waals surface area contributed by atoms with Crippen LogP contribution in [0.3, 0.4) is 0 Å². The first kappa shape index (κ1) is 13.5. The lowest BCUT2D eigenvalue weighted by Gasteiger charge is -2.08. The highest BCUT2D eigenvalue weighted by Crippen LogP contribution is 2.12. The lowest BCUT2D eigenvalue weighted by Crippen LogP contribution is -2.37. The second-order valence-corrected chi connectivity index (χ2v) is 4.54. The smallest absolute Gasteiger partial charge is 0.330 e. The van der Waals surface area contributed by atoms with Crippen LogP contribution in [0.4, 0.5) is 0 Å². The van der Waals surface area contributed by atoms with Gasteiger partial charge in [0.15, 0.2) is 5.52 Å². The second kappa shape index (κ2) is 5.00. The number of imidazole rings is 1. The molecule has 0 aliphatic carbocycles. The zero-order valence-corrected chi connectivity index (χ0v) is 11.5. The van der Waals surface area contributed by atoms with Crippen LogP contribution in [0.1, 0.15) is 19.2 Å². The first-order valence-electron chi connectivity index (χ1n) is 6.38. The highest BCUT2D eigenvalue weighted by Gasteiger charge is 2.17. The highest BCUT2D eigenvalue weighted by atomic mass is 16.2. The van der Waals surface area contributed by atoms with Crippen LogP contribution in [0.15, 0.2) is 9.59 Å². The first-order valence-corrected chi connectivity index (χ1v) is 6.38.